The number of carbonyl (C=O) groups excluding carboxylic acids is 1. The summed E-state index contributed by atoms with van der Waals surface area (Å²) in [6.07, 6.45) is 0.761. The smallest absolute Gasteiger partial charge is 0.122 e. The zero-order valence-corrected chi connectivity index (χ0v) is 14.9. The number of aliphatic carboxylic acids is 1. The first-order valence-corrected chi connectivity index (χ1v) is 7.54. The summed E-state index contributed by atoms with van der Waals surface area (Å²) in [6, 6.07) is 11.0. The Hall–Kier alpha value is -2.73. The number of benzene rings is 2. The molecular weight excluding hydrogens is 342 g/mol. The van der Waals surface area contributed by atoms with Gasteiger partial charge >= 0.3 is 0 Å². The molecule has 0 fully saturated rings. The van der Waals surface area contributed by atoms with Gasteiger partial charge in [0.05, 0.1) is 19.1 Å². The number of aryl methyl sites for hydroxylation is 1. The average Bonchev–Trinajstić information content (AvgIpc) is 2.59. The minimum atomic E-state index is -1.24. The molecule has 0 spiro atoms. The number of rotatable bonds is 7. The van der Waals surface area contributed by atoms with Crippen LogP contribution in [0.2, 0.25) is 0 Å². The maximum absolute atomic E-state index is 11.6. The highest BCUT2D eigenvalue weighted by atomic mass is 35.5. The van der Waals surface area contributed by atoms with Gasteiger partial charge in [-0.15, -0.1) is 12.4 Å². The van der Waals surface area contributed by atoms with Crippen molar-refractivity contribution in [3.05, 3.63) is 59.2 Å². The van der Waals surface area contributed by atoms with Crippen LogP contribution in [0.1, 0.15) is 29.7 Å². The van der Waals surface area contributed by atoms with Crippen molar-refractivity contribution in [1.29, 1.82) is 5.41 Å². The Balaban J connectivity index is 0.00000312. The fourth-order valence-electron chi connectivity index (χ4n) is 2.37. The summed E-state index contributed by atoms with van der Waals surface area (Å²) in [4.78, 5) is 11.6. The second-order valence-corrected chi connectivity index (χ2v) is 5.36. The number of nitrogens with one attached hydrogen (secondary N) is 2. The largest absolute Gasteiger partial charge is 0.548 e. The molecule has 0 aliphatic carbocycles. The van der Waals surface area contributed by atoms with E-state index in [9.17, 15) is 9.90 Å². The van der Waals surface area contributed by atoms with E-state index in [-0.39, 0.29) is 18.2 Å². The lowest BCUT2D eigenvalue weighted by atomic mass is 10.0. The molecule has 1 atom stereocenters. The molecule has 0 bridgehead atoms. The van der Waals surface area contributed by atoms with Gasteiger partial charge in [0.1, 0.15) is 11.6 Å². The molecule has 134 valence electrons. The molecule has 0 heterocycles. The molecular formula is C18H21ClN3O3-. The number of amidine groups is 1. The highest BCUT2D eigenvalue weighted by Gasteiger charge is 2.15. The van der Waals surface area contributed by atoms with E-state index in [2.05, 4.69) is 5.32 Å². The first-order chi connectivity index (χ1) is 11.4. The Kier molecular flexibility index (Phi) is 7.26. The van der Waals surface area contributed by atoms with Gasteiger partial charge in [-0.25, -0.2) is 0 Å². The Labute approximate surface area is 152 Å². The number of nitrogens with two attached hydrogens (primary N) is 1. The molecule has 0 aliphatic heterocycles. The van der Waals surface area contributed by atoms with Crippen LogP contribution in [0, 0.1) is 5.41 Å². The van der Waals surface area contributed by atoms with Crippen molar-refractivity contribution in [2.24, 2.45) is 5.73 Å². The van der Waals surface area contributed by atoms with Crippen molar-refractivity contribution in [1.82, 2.24) is 0 Å². The van der Waals surface area contributed by atoms with Crippen molar-refractivity contribution < 1.29 is 14.6 Å². The number of anilines is 1. The summed E-state index contributed by atoms with van der Waals surface area (Å²) in [6.45, 7) is 1.99. The van der Waals surface area contributed by atoms with Crippen LogP contribution in [0.4, 0.5) is 5.69 Å². The van der Waals surface area contributed by atoms with Crippen LogP contribution in [0.15, 0.2) is 42.5 Å². The maximum Gasteiger partial charge on any atom is 0.122 e. The number of methoxy groups -OCH3 is 1. The topological polar surface area (TPSA) is 111 Å². The Morgan fingerprint density at radius 3 is 2.40 bits per heavy atom. The van der Waals surface area contributed by atoms with Crippen molar-refractivity contribution in [2.75, 3.05) is 12.4 Å². The zero-order valence-electron chi connectivity index (χ0n) is 14.0. The van der Waals surface area contributed by atoms with Gasteiger partial charge in [-0.3, -0.25) is 5.41 Å². The van der Waals surface area contributed by atoms with Gasteiger partial charge in [0, 0.05) is 11.3 Å². The van der Waals surface area contributed by atoms with E-state index in [1.807, 2.05) is 19.1 Å². The summed E-state index contributed by atoms with van der Waals surface area (Å²) >= 11 is 0. The second kappa shape index (κ2) is 8.94. The van der Waals surface area contributed by atoms with Gasteiger partial charge in [0.15, 0.2) is 0 Å². The summed E-state index contributed by atoms with van der Waals surface area (Å²) in [5.41, 5.74) is 8.11. The Morgan fingerprint density at radius 1 is 1.28 bits per heavy atom. The molecule has 2 aromatic rings. The number of carbonyl (C=O) groups is 1. The van der Waals surface area contributed by atoms with Gasteiger partial charge in [0.2, 0.25) is 0 Å². The van der Waals surface area contributed by atoms with E-state index in [0.29, 0.717) is 22.6 Å². The van der Waals surface area contributed by atoms with Crippen LogP contribution in [0.25, 0.3) is 0 Å². The molecule has 0 amide bonds. The number of carboxylic acids is 1. The van der Waals surface area contributed by atoms with Gasteiger partial charge < -0.3 is 25.7 Å². The predicted octanol–water partition coefficient (Wildman–Crippen LogP) is 1.87. The summed E-state index contributed by atoms with van der Waals surface area (Å²) in [5.74, 6) is -0.677. The first kappa shape index (κ1) is 20.3. The summed E-state index contributed by atoms with van der Waals surface area (Å²) in [5, 5.41) is 21.9. The normalized spacial score (nSPS) is 11.1. The Morgan fingerprint density at radius 2 is 1.92 bits per heavy atom. The van der Waals surface area contributed by atoms with Crippen LogP contribution >= 0.6 is 12.4 Å². The number of ether oxygens (including phenoxy) is 1. The van der Waals surface area contributed by atoms with Crippen molar-refractivity contribution in [3.63, 3.8) is 0 Å². The molecule has 0 aromatic heterocycles. The van der Waals surface area contributed by atoms with Crippen molar-refractivity contribution >= 4 is 29.9 Å². The minimum absolute atomic E-state index is 0. The van der Waals surface area contributed by atoms with Crippen LogP contribution in [-0.4, -0.2) is 18.9 Å². The molecule has 2 rings (SSSR count). The average molecular weight is 363 g/mol. The zero-order chi connectivity index (χ0) is 17.7. The monoisotopic (exact) mass is 362 g/mol. The molecule has 0 saturated carbocycles. The fraction of sp³-hybridized carbons (Fsp3) is 0.222. The van der Waals surface area contributed by atoms with Crippen LogP contribution in [-0.2, 0) is 11.2 Å². The molecule has 1 unspecified atom stereocenters. The van der Waals surface area contributed by atoms with E-state index in [0.717, 1.165) is 12.0 Å². The number of nitrogen functional groups attached to an aromatic ring is 1. The van der Waals surface area contributed by atoms with Crippen molar-refractivity contribution in [2.45, 2.75) is 19.4 Å². The van der Waals surface area contributed by atoms with Crippen LogP contribution in [0.3, 0.4) is 0 Å². The quantitative estimate of drug-likeness (QED) is 0.514. The van der Waals surface area contributed by atoms with Gasteiger partial charge in [-0.05, 0) is 53.9 Å². The first-order valence-electron chi connectivity index (χ1n) is 7.54. The molecule has 2 aromatic carbocycles. The lowest BCUT2D eigenvalue weighted by Gasteiger charge is -2.22. The molecule has 0 aliphatic rings. The molecule has 7 heteroatoms. The lowest BCUT2D eigenvalue weighted by molar-refractivity contribution is -0.307. The van der Waals surface area contributed by atoms with E-state index in [1.54, 1.807) is 37.4 Å². The van der Waals surface area contributed by atoms with E-state index >= 15 is 0 Å². The third-order valence-electron chi connectivity index (χ3n) is 3.71. The fourth-order valence-corrected chi connectivity index (χ4v) is 2.37. The molecule has 25 heavy (non-hydrogen) atoms. The maximum atomic E-state index is 11.6. The van der Waals surface area contributed by atoms with E-state index in [1.165, 1.54) is 0 Å². The molecule has 6 nitrogen and oxygen atoms in total. The van der Waals surface area contributed by atoms with Gasteiger partial charge in [-0.1, -0.05) is 13.0 Å². The lowest BCUT2D eigenvalue weighted by Crippen LogP contribution is -2.34. The Bertz CT molecular complexity index is 725. The van der Waals surface area contributed by atoms with Crippen molar-refractivity contribution in [3.8, 4) is 5.75 Å². The molecule has 0 radical (unpaired) electrons. The number of hydrogen-bond donors (Lipinski definition) is 3. The minimum Gasteiger partial charge on any atom is -0.548 e. The van der Waals surface area contributed by atoms with Crippen LogP contribution < -0.4 is 20.9 Å². The second-order valence-electron chi connectivity index (χ2n) is 5.36. The highest BCUT2D eigenvalue weighted by molar-refractivity contribution is 5.95. The molecule has 0 saturated heterocycles. The van der Waals surface area contributed by atoms with Gasteiger partial charge in [0.25, 0.3) is 0 Å². The molecule has 4 N–H and O–H groups in total. The highest BCUT2D eigenvalue weighted by Crippen LogP contribution is 2.25. The van der Waals surface area contributed by atoms with Gasteiger partial charge in [-0.2, -0.15) is 0 Å². The van der Waals surface area contributed by atoms with E-state index < -0.39 is 12.0 Å². The third kappa shape index (κ3) is 5.12. The predicted molar refractivity (Wildman–Crippen MR) is 98.4 cm³/mol. The van der Waals surface area contributed by atoms with Crippen LogP contribution in [0.5, 0.6) is 5.75 Å². The van der Waals surface area contributed by atoms with E-state index in [4.69, 9.17) is 15.9 Å². The third-order valence-corrected chi connectivity index (χ3v) is 3.71. The number of halogens is 1. The number of hydrogen-bond acceptors (Lipinski definition) is 5. The summed E-state index contributed by atoms with van der Waals surface area (Å²) < 4.78 is 5.24. The SMILES string of the molecule is CCc1cc(OC)cc(C(Nc2ccc(C(=N)N)cc2)C(=O)[O-])c1.Cl. The standard InChI is InChI=1S/C18H21N3O3.ClH/c1-3-11-8-13(10-15(9-11)24-2)16(18(22)23)21-14-6-4-12(5-7-14)17(19)20;/h4-10,16,21H,3H2,1-2H3,(H3,19,20)(H,22,23);1H/p-1. The summed E-state index contributed by atoms with van der Waals surface area (Å²) in [7, 11) is 1.54. The number of carboxylic acid groups (broad SMARTS) is 1.